The van der Waals surface area contributed by atoms with Gasteiger partial charge < -0.3 is 19.5 Å². The minimum atomic E-state index is -0.422. The Balaban J connectivity index is 1.00. The molecule has 2 heterocycles. The SMILES string of the molecule is CC(=O)Oc1cc(O)c2c3c1O[C@H]1[C@@H](N(C(=O)CCCCCCCCCCc4ccccc4)C(C)C)CC[C@H]4[C@@H](C2)N(CC2CC2)CC[C@@]341. The average Bonchev–Trinajstić information content (AvgIpc) is 3.83. The molecule has 0 unspecified atom stereocenters. The molecule has 7 rings (SSSR count). The fourth-order valence-corrected chi connectivity index (χ4v) is 10.3. The Morgan fingerprint density at radius 2 is 1.71 bits per heavy atom. The molecule has 0 aromatic heterocycles. The lowest BCUT2D eigenvalue weighted by Gasteiger charge is -2.61. The highest BCUT2D eigenvalue weighted by Crippen LogP contribution is 2.66. The number of hydrogen-bond donors (Lipinski definition) is 1. The zero-order chi connectivity index (χ0) is 34.1. The first kappa shape index (κ1) is 34.4. The van der Waals surface area contributed by atoms with Crippen LogP contribution in [0.3, 0.4) is 0 Å². The molecule has 1 saturated heterocycles. The van der Waals surface area contributed by atoms with E-state index in [-0.39, 0.29) is 35.3 Å². The molecule has 0 radical (unpaired) electrons. The number of rotatable bonds is 16. The predicted octanol–water partition coefficient (Wildman–Crippen LogP) is 8.13. The van der Waals surface area contributed by atoms with E-state index in [1.54, 1.807) is 6.07 Å². The molecular weight excluding hydrogens is 612 g/mol. The largest absolute Gasteiger partial charge is 0.508 e. The van der Waals surface area contributed by atoms with Gasteiger partial charge >= 0.3 is 5.97 Å². The predicted molar refractivity (Wildman–Crippen MR) is 192 cm³/mol. The van der Waals surface area contributed by atoms with Crippen LogP contribution in [0.1, 0.15) is 127 Å². The van der Waals surface area contributed by atoms with Crippen molar-refractivity contribution >= 4 is 11.9 Å². The highest BCUT2D eigenvalue weighted by molar-refractivity contribution is 5.77. The Hall–Kier alpha value is -3.06. The molecule has 1 N–H and O–H groups in total. The summed E-state index contributed by atoms with van der Waals surface area (Å²) in [6.07, 6.45) is 17.4. The standard InChI is InChI=1S/C42H58N2O5/c1-28(2)44(38(47)18-14-9-7-5-4-6-8-11-15-30-16-12-10-13-17-30)34-22-21-33-35-25-32-36(46)26-37(48-29(3)45)40-39(32)42(33,41(34)49-40)23-24-43(35)27-31-19-20-31/h10,12-13,16-17,26,28,31,33-35,41,46H,4-9,11,14-15,18-25,27H2,1-3H3/t33-,34-,35+,41-,42-/m0/s1. The Kier molecular flexibility index (Phi) is 10.3. The first-order valence-corrected chi connectivity index (χ1v) is 19.6. The van der Waals surface area contributed by atoms with Crippen LogP contribution >= 0.6 is 0 Å². The number of carbonyl (C=O) groups excluding carboxylic acids is 2. The molecule has 3 aliphatic carbocycles. The van der Waals surface area contributed by atoms with Gasteiger partial charge in [0, 0.05) is 54.6 Å². The van der Waals surface area contributed by atoms with Crippen LogP contribution in [0.5, 0.6) is 17.2 Å². The van der Waals surface area contributed by atoms with E-state index in [0.717, 1.165) is 68.7 Å². The number of phenolic OH excluding ortho intramolecular Hbond substituents is 1. The molecule has 5 atom stereocenters. The third-order valence-electron chi connectivity index (χ3n) is 12.6. The topological polar surface area (TPSA) is 79.3 Å². The molecule has 2 aromatic rings. The number of esters is 1. The van der Waals surface area contributed by atoms with E-state index in [1.165, 1.54) is 70.3 Å². The molecule has 2 saturated carbocycles. The van der Waals surface area contributed by atoms with Gasteiger partial charge in [-0.2, -0.15) is 0 Å². The summed E-state index contributed by atoms with van der Waals surface area (Å²) in [7, 11) is 0. The van der Waals surface area contributed by atoms with Gasteiger partial charge in [-0.05, 0) is 95.6 Å². The normalized spacial score (nSPS) is 26.7. The number of aromatic hydroxyl groups is 1. The number of unbranched alkanes of at least 4 members (excludes halogenated alkanes) is 7. The number of nitrogens with zero attached hydrogens (tertiary/aromatic N) is 2. The molecule has 266 valence electrons. The summed E-state index contributed by atoms with van der Waals surface area (Å²) in [6.45, 7) is 7.83. The van der Waals surface area contributed by atoms with Crippen LogP contribution in [0.25, 0.3) is 0 Å². The molecule has 1 spiro atoms. The van der Waals surface area contributed by atoms with Crippen molar-refractivity contribution in [1.82, 2.24) is 9.80 Å². The Morgan fingerprint density at radius 1 is 1.00 bits per heavy atom. The second-order valence-electron chi connectivity index (χ2n) is 16.2. The van der Waals surface area contributed by atoms with Gasteiger partial charge in [-0.3, -0.25) is 14.5 Å². The molecule has 49 heavy (non-hydrogen) atoms. The zero-order valence-electron chi connectivity index (χ0n) is 30.1. The summed E-state index contributed by atoms with van der Waals surface area (Å²) in [6, 6.07) is 12.7. The van der Waals surface area contributed by atoms with E-state index in [4.69, 9.17) is 9.47 Å². The lowest BCUT2D eigenvalue weighted by molar-refractivity contribution is -0.146. The Bertz CT molecular complexity index is 1490. The molecule has 5 aliphatic rings. The van der Waals surface area contributed by atoms with Crippen molar-refractivity contribution < 1.29 is 24.2 Å². The van der Waals surface area contributed by atoms with E-state index < -0.39 is 5.97 Å². The maximum absolute atomic E-state index is 14.1. The summed E-state index contributed by atoms with van der Waals surface area (Å²) in [5, 5.41) is 11.4. The number of amides is 1. The minimum Gasteiger partial charge on any atom is -0.508 e. The van der Waals surface area contributed by atoms with Crippen molar-refractivity contribution in [3.63, 3.8) is 0 Å². The van der Waals surface area contributed by atoms with Crippen molar-refractivity contribution in [2.45, 2.75) is 153 Å². The van der Waals surface area contributed by atoms with E-state index in [2.05, 4.69) is 54.0 Å². The number of hydrogen-bond acceptors (Lipinski definition) is 6. The molecule has 3 fully saturated rings. The molecule has 2 bridgehead atoms. The van der Waals surface area contributed by atoms with Gasteiger partial charge in [0.1, 0.15) is 11.9 Å². The molecule has 2 aromatic carbocycles. The number of phenols is 1. The fraction of sp³-hybridized carbons (Fsp3) is 0.667. The molecule has 1 amide bonds. The number of likely N-dealkylation sites (tertiary alicyclic amines) is 1. The van der Waals surface area contributed by atoms with Crippen LogP contribution < -0.4 is 9.47 Å². The first-order chi connectivity index (χ1) is 23.8. The van der Waals surface area contributed by atoms with Gasteiger partial charge in [0.25, 0.3) is 0 Å². The number of carbonyl (C=O) groups is 2. The monoisotopic (exact) mass is 670 g/mol. The van der Waals surface area contributed by atoms with Crippen molar-refractivity contribution in [3.05, 3.63) is 53.1 Å². The number of piperidine rings is 1. The van der Waals surface area contributed by atoms with Gasteiger partial charge in [-0.25, -0.2) is 0 Å². The average molecular weight is 671 g/mol. The number of ether oxygens (including phenoxy) is 2. The van der Waals surface area contributed by atoms with Crippen LogP contribution in [0.4, 0.5) is 0 Å². The van der Waals surface area contributed by atoms with Crippen molar-refractivity contribution in [2.24, 2.45) is 11.8 Å². The smallest absolute Gasteiger partial charge is 0.308 e. The van der Waals surface area contributed by atoms with E-state index >= 15 is 0 Å². The fourth-order valence-electron chi connectivity index (χ4n) is 10.3. The second kappa shape index (κ2) is 14.7. The molecule has 7 nitrogen and oxygen atoms in total. The zero-order valence-corrected chi connectivity index (χ0v) is 30.1. The summed E-state index contributed by atoms with van der Waals surface area (Å²) in [5.41, 5.74) is 3.18. The summed E-state index contributed by atoms with van der Waals surface area (Å²) in [5.74, 6) is 2.17. The Labute approximate surface area is 293 Å². The van der Waals surface area contributed by atoms with Crippen LogP contribution in [0, 0.1) is 11.8 Å². The third-order valence-corrected chi connectivity index (χ3v) is 12.6. The van der Waals surface area contributed by atoms with Gasteiger partial charge in [0.15, 0.2) is 11.5 Å². The van der Waals surface area contributed by atoms with Gasteiger partial charge in [-0.15, -0.1) is 0 Å². The first-order valence-electron chi connectivity index (χ1n) is 19.6. The highest BCUT2D eigenvalue weighted by atomic mass is 16.6. The highest BCUT2D eigenvalue weighted by Gasteiger charge is 2.67. The van der Waals surface area contributed by atoms with Crippen LogP contribution in [-0.2, 0) is 27.8 Å². The van der Waals surface area contributed by atoms with Crippen LogP contribution in [-0.4, -0.2) is 64.1 Å². The summed E-state index contributed by atoms with van der Waals surface area (Å²) < 4.78 is 12.7. The lowest BCUT2D eigenvalue weighted by Crippen LogP contribution is -2.69. The quantitative estimate of drug-likeness (QED) is 0.110. The summed E-state index contributed by atoms with van der Waals surface area (Å²) in [4.78, 5) is 31.1. The second-order valence-corrected chi connectivity index (χ2v) is 16.2. The summed E-state index contributed by atoms with van der Waals surface area (Å²) >= 11 is 0. The third kappa shape index (κ3) is 6.86. The van der Waals surface area contributed by atoms with E-state index in [0.29, 0.717) is 29.9 Å². The maximum Gasteiger partial charge on any atom is 0.308 e. The Morgan fingerprint density at radius 3 is 2.41 bits per heavy atom. The molecular formula is C42H58N2O5. The number of benzene rings is 2. The van der Waals surface area contributed by atoms with Gasteiger partial charge in [-0.1, -0.05) is 68.9 Å². The van der Waals surface area contributed by atoms with E-state index in [1.807, 2.05) is 0 Å². The number of aryl methyl sites for hydroxylation is 1. The lowest BCUT2D eigenvalue weighted by atomic mass is 9.50. The van der Waals surface area contributed by atoms with Crippen molar-refractivity contribution in [1.29, 1.82) is 0 Å². The maximum atomic E-state index is 14.1. The van der Waals surface area contributed by atoms with Crippen molar-refractivity contribution in [3.8, 4) is 17.2 Å². The molecule has 2 aliphatic heterocycles. The van der Waals surface area contributed by atoms with E-state index in [9.17, 15) is 14.7 Å². The van der Waals surface area contributed by atoms with Gasteiger partial charge in [0.2, 0.25) is 5.91 Å². The minimum absolute atomic E-state index is 0.0547. The molecule has 7 heteroatoms. The van der Waals surface area contributed by atoms with Gasteiger partial charge in [0.05, 0.1) is 6.04 Å². The van der Waals surface area contributed by atoms with Crippen molar-refractivity contribution in [2.75, 3.05) is 13.1 Å². The van der Waals surface area contributed by atoms with Crippen LogP contribution in [0.2, 0.25) is 0 Å². The van der Waals surface area contributed by atoms with Crippen LogP contribution in [0.15, 0.2) is 36.4 Å².